The number of cyclic esters (lactones) is 1. The van der Waals surface area contributed by atoms with Crippen molar-refractivity contribution >= 4 is 23.6 Å². The van der Waals surface area contributed by atoms with Gasteiger partial charge in [-0.25, -0.2) is 9.79 Å². The average molecular weight is 354 g/mol. The molecule has 1 heterocycles. The van der Waals surface area contributed by atoms with Gasteiger partial charge in [-0.1, -0.05) is 6.07 Å². The van der Waals surface area contributed by atoms with Crippen molar-refractivity contribution in [1.29, 1.82) is 0 Å². The van der Waals surface area contributed by atoms with Crippen LogP contribution in [0.3, 0.4) is 0 Å². The predicted molar refractivity (Wildman–Crippen MR) is 93.2 cm³/mol. The van der Waals surface area contributed by atoms with E-state index in [1.807, 2.05) is 0 Å². The molecule has 0 radical (unpaired) electrons. The van der Waals surface area contributed by atoms with Crippen LogP contribution in [-0.2, 0) is 9.53 Å². The number of esters is 1. The number of nitrogens with zero attached hydrogens (tertiary/aromatic N) is 2. The van der Waals surface area contributed by atoms with Crippen molar-refractivity contribution in [2.24, 2.45) is 4.99 Å². The maximum Gasteiger partial charge on any atom is 0.363 e. The molecule has 0 aliphatic carbocycles. The molecule has 1 aliphatic rings. The van der Waals surface area contributed by atoms with E-state index in [0.29, 0.717) is 22.6 Å². The van der Waals surface area contributed by atoms with E-state index < -0.39 is 10.9 Å². The first kappa shape index (κ1) is 17.2. The molecular formula is C18H14N2O6. The number of nitro benzene ring substituents is 1. The molecule has 0 aromatic heterocycles. The molecule has 2 aromatic carbocycles. The molecule has 0 fully saturated rings. The third-order valence-electron chi connectivity index (χ3n) is 3.66. The Morgan fingerprint density at radius 1 is 1.08 bits per heavy atom. The van der Waals surface area contributed by atoms with Gasteiger partial charge in [-0.05, 0) is 35.9 Å². The van der Waals surface area contributed by atoms with Gasteiger partial charge in [-0.15, -0.1) is 0 Å². The van der Waals surface area contributed by atoms with Crippen LogP contribution in [0.2, 0.25) is 0 Å². The summed E-state index contributed by atoms with van der Waals surface area (Å²) in [7, 11) is 3.05. The lowest BCUT2D eigenvalue weighted by atomic mass is 10.1. The SMILES string of the molecule is COc1ccc(/C=C2/N=C(c3ccc([N+](=O)[O-])cc3)OC2=O)cc1OC. The van der Waals surface area contributed by atoms with E-state index in [9.17, 15) is 14.9 Å². The summed E-state index contributed by atoms with van der Waals surface area (Å²) in [6.45, 7) is 0. The molecule has 0 atom stereocenters. The van der Waals surface area contributed by atoms with Crippen molar-refractivity contribution in [2.75, 3.05) is 14.2 Å². The second-order valence-corrected chi connectivity index (χ2v) is 5.25. The average Bonchev–Trinajstić information content (AvgIpc) is 3.02. The molecule has 0 N–H and O–H groups in total. The molecule has 1 aliphatic heterocycles. The van der Waals surface area contributed by atoms with Crippen LogP contribution in [0.25, 0.3) is 6.08 Å². The van der Waals surface area contributed by atoms with Crippen LogP contribution in [0.1, 0.15) is 11.1 Å². The number of ether oxygens (including phenoxy) is 3. The lowest BCUT2D eigenvalue weighted by molar-refractivity contribution is -0.384. The fourth-order valence-electron chi connectivity index (χ4n) is 2.36. The van der Waals surface area contributed by atoms with Crippen molar-refractivity contribution in [3.8, 4) is 11.5 Å². The van der Waals surface area contributed by atoms with Gasteiger partial charge in [0.15, 0.2) is 17.2 Å². The number of aliphatic imine (C=N–C) groups is 1. The zero-order valence-electron chi connectivity index (χ0n) is 14.0. The molecule has 132 valence electrons. The maximum atomic E-state index is 12.0. The molecule has 0 amide bonds. The predicted octanol–water partition coefficient (Wildman–Crippen LogP) is 2.96. The first-order valence-corrected chi connectivity index (χ1v) is 7.51. The van der Waals surface area contributed by atoms with Gasteiger partial charge in [0.05, 0.1) is 19.1 Å². The van der Waals surface area contributed by atoms with Crippen molar-refractivity contribution in [1.82, 2.24) is 0 Å². The first-order chi connectivity index (χ1) is 12.5. The number of non-ortho nitro benzene ring substituents is 1. The van der Waals surface area contributed by atoms with Crippen molar-refractivity contribution < 1.29 is 23.9 Å². The number of hydrogen-bond donors (Lipinski definition) is 0. The van der Waals surface area contributed by atoms with E-state index in [1.165, 1.54) is 38.5 Å². The summed E-state index contributed by atoms with van der Waals surface area (Å²) in [5.74, 6) is 0.580. The van der Waals surface area contributed by atoms with Crippen LogP contribution in [0, 0.1) is 10.1 Å². The zero-order valence-corrected chi connectivity index (χ0v) is 14.0. The molecular weight excluding hydrogens is 340 g/mol. The van der Waals surface area contributed by atoms with Crippen LogP contribution < -0.4 is 9.47 Å². The Morgan fingerprint density at radius 3 is 2.38 bits per heavy atom. The summed E-state index contributed by atoms with van der Waals surface area (Å²) in [5.41, 5.74) is 1.22. The highest BCUT2D eigenvalue weighted by atomic mass is 16.6. The van der Waals surface area contributed by atoms with Gasteiger partial charge in [0.1, 0.15) is 0 Å². The minimum atomic E-state index is -0.604. The molecule has 0 spiro atoms. The number of carbonyl (C=O) groups is 1. The molecule has 2 aromatic rings. The van der Waals surface area contributed by atoms with E-state index in [4.69, 9.17) is 14.2 Å². The van der Waals surface area contributed by atoms with Crippen LogP contribution in [0.15, 0.2) is 53.2 Å². The number of nitro groups is 1. The van der Waals surface area contributed by atoms with Gasteiger partial charge in [0, 0.05) is 17.7 Å². The maximum absolute atomic E-state index is 12.0. The topological polar surface area (TPSA) is 100 Å². The summed E-state index contributed by atoms with van der Waals surface area (Å²) in [6, 6.07) is 10.8. The highest BCUT2D eigenvalue weighted by molar-refractivity contribution is 6.12. The molecule has 0 bridgehead atoms. The Hall–Kier alpha value is -3.68. The second kappa shape index (κ2) is 7.06. The summed E-state index contributed by atoms with van der Waals surface area (Å²) in [6.07, 6.45) is 1.56. The Balaban J connectivity index is 1.90. The zero-order chi connectivity index (χ0) is 18.7. The molecule has 0 unspecified atom stereocenters. The number of methoxy groups -OCH3 is 2. The Morgan fingerprint density at radius 2 is 1.77 bits per heavy atom. The molecule has 26 heavy (non-hydrogen) atoms. The smallest absolute Gasteiger partial charge is 0.363 e. The Labute approximate surface area is 148 Å². The minimum absolute atomic E-state index is 0.0558. The number of carbonyl (C=O) groups excluding carboxylic acids is 1. The lowest BCUT2D eigenvalue weighted by Gasteiger charge is -2.07. The van der Waals surface area contributed by atoms with Crippen LogP contribution in [0.4, 0.5) is 5.69 Å². The normalized spacial score (nSPS) is 14.8. The molecule has 8 nitrogen and oxygen atoms in total. The highest BCUT2D eigenvalue weighted by Gasteiger charge is 2.24. The first-order valence-electron chi connectivity index (χ1n) is 7.51. The number of hydrogen-bond acceptors (Lipinski definition) is 7. The summed E-state index contributed by atoms with van der Waals surface area (Å²) >= 11 is 0. The molecule has 0 saturated carbocycles. The van der Waals surface area contributed by atoms with E-state index in [1.54, 1.807) is 24.3 Å². The molecule has 0 saturated heterocycles. The number of benzene rings is 2. The van der Waals surface area contributed by atoms with Crippen molar-refractivity contribution in [3.63, 3.8) is 0 Å². The van der Waals surface area contributed by atoms with Gasteiger partial charge < -0.3 is 14.2 Å². The largest absolute Gasteiger partial charge is 0.493 e. The van der Waals surface area contributed by atoms with E-state index in [-0.39, 0.29) is 17.3 Å². The quantitative estimate of drug-likeness (QED) is 0.354. The van der Waals surface area contributed by atoms with Gasteiger partial charge in [0.25, 0.3) is 5.69 Å². The highest BCUT2D eigenvalue weighted by Crippen LogP contribution is 2.29. The standard InChI is InChI=1S/C18H14N2O6/c1-24-15-8-3-11(10-16(15)25-2)9-14-18(21)26-17(19-14)12-4-6-13(7-5-12)20(22)23/h3-10H,1-2H3/b14-9+. The van der Waals surface area contributed by atoms with Gasteiger partial charge >= 0.3 is 5.97 Å². The van der Waals surface area contributed by atoms with Gasteiger partial charge in [0.2, 0.25) is 5.90 Å². The minimum Gasteiger partial charge on any atom is -0.493 e. The molecule has 8 heteroatoms. The Kier molecular flexibility index (Phi) is 4.66. The summed E-state index contributed by atoms with van der Waals surface area (Å²) < 4.78 is 15.5. The summed E-state index contributed by atoms with van der Waals surface area (Å²) in [5, 5.41) is 10.7. The van der Waals surface area contributed by atoms with Crippen LogP contribution in [0.5, 0.6) is 11.5 Å². The number of rotatable bonds is 5. The van der Waals surface area contributed by atoms with Crippen LogP contribution >= 0.6 is 0 Å². The third-order valence-corrected chi connectivity index (χ3v) is 3.66. The second-order valence-electron chi connectivity index (χ2n) is 5.25. The van der Waals surface area contributed by atoms with Crippen molar-refractivity contribution in [2.45, 2.75) is 0 Å². The monoisotopic (exact) mass is 354 g/mol. The van der Waals surface area contributed by atoms with Crippen molar-refractivity contribution in [3.05, 3.63) is 69.4 Å². The third kappa shape index (κ3) is 3.39. The fourth-order valence-corrected chi connectivity index (χ4v) is 2.36. The van der Waals surface area contributed by atoms with Gasteiger partial charge in [-0.3, -0.25) is 10.1 Å². The molecule has 3 rings (SSSR count). The van der Waals surface area contributed by atoms with Gasteiger partial charge in [-0.2, -0.15) is 0 Å². The Bertz CT molecular complexity index is 931. The van der Waals surface area contributed by atoms with Crippen LogP contribution in [-0.4, -0.2) is 31.0 Å². The van der Waals surface area contributed by atoms with E-state index in [2.05, 4.69) is 4.99 Å². The van der Waals surface area contributed by atoms with E-state index >= 15 is 0 Å². The van der Waals surface area contributed by atoms with E-state index in [0.717, 1.165) is 0 Å². The summed E-state index contributed by atoms with van der Waals surface area (Å²) in [4.78, 5) is 26.4. The fraction of sp³-hybridized carbons (Fsp3) is 0.111. The lowest BCUT2D eigenvalue weighted by Crippen LogP contribution is -2.05.